The van der Waals surface area contributed by atoms with Crippen LogP contribution in [0.25, 0.3) is 11.3 Å². The Kier molecular flexibility index (Phi) is 6.24. The molecule has 7 nitrogen and oxygen atoms in total. The van der Waals surface area contributed by atoms with Gasteiger partial charge < -0.3 is 10.0 Å². The Hall–Kier alpha value is -2.45. The third-order valence-corrected chi connectivity index (χ3v) is 6.66. The molecule has 2 atom stereocenters. The molecule has 0 spiro atoms. The largest absolute Gasteiger partial charge is 0.465 e. The summed E-state index contributed by atoms with van der Waals surface area (Å²) in [6.07, 6.45) is 3.01. The molecule has 1 fully saturated rings. The van der Waals surface area contributed by atoms with E-state index in [4.69, 9.17) is 5.11 Å². The number of carbonyl (C=O) groups is 1. The van der Waals surface area contributed by atoms with Crippen LogP contribution in [0.15, 0.2) is 47.5 Å². The van der Waals surface area contributed by atoms with E-state index in [1.54, 1.807) is 24.3 Å². The van der Waals surface area contributed by atoms with E-state index in [1.165, 1.54) is 11.2 Å². The van der Waals surface area contributed by atoms with E-state index in [0.717, 1.165) is 29.8 Å². The standard InChI is InChI=1S/C21H27N3O4S/c1-15-13-24(21(25)26)11-10-20(15)23(2)14-16-4-9-19(22-12-16)17-5-7-18(8-6-17)29(3,27)28/h4-9,12,15,20H,10-11,13-14H2,1-3H3,(H,25,26)/t15-,20+/m1/s1. The monoisotopic (exact) mass is 417 g/mol. The molecule has 29 heavy (non-hydrogen) atoms. The van der Waals surface area contributed by atoms with Crippen LogP contribution in [0.5, 0.6) is 0 Å². The fourth-order valence-electron chi connectivity index (χ4n) is 3.93. The fraction of sp³-hybridized carbons (Fsp3) is 0.429. The lowest BCUT2D eigenvalue weighted by Crippen LogP contribution is -2.50. The minimum Gasteiger partial charge on any atom is -0.465 e. The van der Waals surface area contributed by atoms with E-state index >= 15 is 0 Å². The van der Waals surface area contributed by atoms with Crippen LogP contribution in [0.3, 0.4) is 0 Å². The predicted octanol–water partition coefficient (Wildman–Crippen LogP) is 2.97. The zero-order valence-electron chi connectivity index (χ0n) is 16.9. The van der Waals surface area contributed by atoms with Crippen LogP contribution in [-0.4, -0.2) is 66.8 Å². The van der Waals surface area contributed by atoms with Gasteiger partial charge in [-0.2, -0.15) is 0 Å². The number of hydrogen-bond donors (Lipinski definition) is 1. The van der Waals surface area contributed by atoms with Crippen LogP contribution >= 0.6 is 0 Å². The average molecular weight is 418 g/mol. The van der Waals surface area contributed by atoms with Crippen molar-refractivity contribution < 1.29 is 18.3 Å². The molecule has 2 heterocycles. The van der Waals surface area contributed by atoms with E-state index in [9.17, 15) is 13.2 Å². The van der Waals surface area contributed by atoms with E-state index < -0.39 is 15.9 Å². The van der Waals surface area contributed by atoms with Crippen molar-refractivity contribution in [3.63, 3.8) is 0 Å². The van der Waals surface area contributed by atoms with Gasteiger partial charge in [-0.25, -0.2) is 13.2 Å². The number of sulfone groups is 1. The van der Waals surface area contributed by atoms with Gasteiger partial charge in [0.1, 0.15) is 0 Å². The zero-order chi connectivity index (χ0) is 21.2. The van der Waals surface area contributed by atoms with Crippen LogP contribution in [0.4, 0.5) is 4.79 Å². The second-order valence-corrected chi connectivity index (χ2v) is 9.84. The molecule has 1 amide bonds. The Morgan fingerprint density at radius 3 is 2.45 bits per heavy atom. The molecule has 0 bridgehead atoms. The number of rotatable bonds is 5. The Balaban J connectivity index is 1.64. The first kappa shape index (κ1) is 21.3. The van der Waals surface area contributed by atoms with Crippen molar-refractivity contribution in [2.24, 2.45) is 5.92 Å². The Bertz CT molecular complexity index is 958. The van der Waals surface area contributed by atoms with Gasteiger partial charge in [-0.15, -0.1) is 0 Å². The summed E-state index contributed by atoms with van der Waals surface area (Å²) in [6, 6.07) is 11.0. The number of likely N-dealkylation sites (tertiary alicyclic amines) is 1. The van der Waals surface area contributed by atoms with E-state index in [2.05, 4.69) is 23.9 Å². The van der Waals surface area contributed by atoms with Crippen molar-refractivity contribution in [2.45, 2.75) is 30.8 Å². The minimum atomic E-state index is -3.21. The number of carboxylic acid groups (broad SMARTS) is 1. The zero-order valence-corrected chi connectivity index (χ0v) is 17.8. The predicted molar refractivity (Wildman–Crippen MR) is 111 cm³/mol. The van der Waals surface area contributed by atoms with Gasteiger partial charge in [0.15, 0.2) is 9.84 Å². The number of amides is 1. The molecule has 0 radical (unpaired) electrons. The summed E-state index contributed by atoms with van der Waals surface area (Å²) in [5, 5.41) is 9.17. The summed E-state index contributed by atoms with van der Waals surface area (Å²) < 4.78 is 23.2. The molecule has 156 valence electrons. The molecule has 1 aliphatic heterocycles. The fourth-order valence-corrected chi connectivity index (χ4v) is 4.56. The second kappa shape index (κ2) is 8.51. The van der Waals surface area contributed by atoms with Gasteiger partial charge in [0.2, 0.25) is 0 Å². The Labute approximate surface area is 171 Å². The summed E-state index contributed by atoms with van der Waals surface area (Å²) in [5.74, 6) is 0.269. The molecule has 8 heteroatoms. The van der Waals surface area contributed by atoms with Gasteiger partial charge in [-0.3, -0.25) is 9.88 Å². The highest BCUT2D eigenvalue weighted by Crippen LogP contribution is 2.24. The van der Waals surface area contributed by atoms with Gasteiger partial charge in [0, 0.05) is 43.7 Å². The highest BCUT2D eigenvalue weighted by Gasteiger charge is 2.30. The molecule has 1 saturated heterocycles. The maximum absolute atomic E-state index is 11.6. The molecular weight excluding hydrogens is 390 g/mol. The average Bonchev–Trinajstić information content (AvgIpc) is 2.67. The van der Waals surface area contributed by atoms with Gasteiger partial charge in [-0.1, -0.05) is 25.1 Å². The van der Waals surface area contributed by atoms with E-state index in [0.29, 0.717) is 24.0 Å². The van der Waals surface area contributed by atoms with Crippen LogP contribution in [-0.2, 0) is 16.4 Å². The summed E-state index contributed by atoms with van der Waals surface area (Å²) in [6.45, 7) is 3.96. The minimum absolute atomic E-state index is 0.269. The van der Waals surface area contributed by atoms with E-state index in [1.807, 2.05) is 18.3 Å². The van der Waals surface area contributed by atoms with Crippen molar-refractivity contribution in [1.29, 1.82) is 0 Å². The van der Waals surface area contributed by atoms with Crippen molar-refractivity contribution >= 4 is 15.9 Å². The first-order valence-corrected chi connectivity index (χ1v) is 11.5. The molecule has 0 unspecified atom stereocenters. The first-order valence-electron chi connectivity index (χ1n) is 9.58. The van der Waals surface area contributed by atoms with Gasteiger partial charge >= 0.3 is 6.09 Å². The summed E-state index contributed by atoms with van der Waals surface area (Å²) in [5.41, 5.74) is 2.74. The molecule has 3 rings (SSSR count). The maximum atomic E-state index is 11.6. The number of piperidine rings is 1. The number of benzene rings is 1. The van der Waals surface area contributed by atoms with Crippen molar-refractivity contribution in [3.8, 4) is 11.3 Å². The molecule has 2 aromatic rings. The smallest absolute Gasteiger partial charge is 0.407 e. The number of pyridine rings is 1. The van der Waals surface area contributed by atoms with Crippen LogP contribution < -0.4 is 0 Å². The van der Waals surface area contributed by atoms with Gasteiger partial charge in [0.05, 0.1) is 10.6 Å². The van der Waals surface area contributed by atoms with Crippen LogP contribution in [0, 0.1) is 5.92 Å². The SMILES string of the molecule is C[C@@H]1CN(C(=O)O)CC[C@@H]1N(C)Cc1ccc(-c2ccc(S(C)(=O)=O)cc2)nc1. The number of nitrogens with zero attached hydrogens (tertiary/aromatic N) is 3. The summed E-state index contributed by atoms with van der Waals surface area (Å²) in [4.78, 5) is 19.7. The molecule has 1 aromatic carbocycles. The van der Waals surface area contributed by atoms with Gasteiger partial charge in [-0.05, 0) is 43.1 Å². The normalized spacial score (nSPS) is 20.1. The number of hydrogen-bond acceptors (Lipinski definition) is 5. The maximum Gasteiger partial charge on any atom is 0.407 e. The quantitative estimate of drug-likeness (QED) is 0.804. The highest BCUT2D eigenvalue weighted by atomic mass is 32.2. The summed E-state index contributed by atoms with van der Waals surface area (Å²) >= 11 is 0. The highest BCUT2D eigenvalue weighted by molar-refractivity contribution is 7.90. The topological polar surface area (TPSA) is 90.8 Å². The Morgan fingerprint density at radius 1 is 1.24 bits per heavy atom. The third-order valence-electron chi connectivity index (χ3n) is 5.53. The van der Waals surface area contributed by atoms with Crippen LogP contribution in [0.2, 0.25) is 0 Å². The number of aromatic nitrogens is 1. The van der Waals surface area contributed by atoms with E-state index in [-0.39, 0.29) is 5.92 Å². The first-order chi connectivity index (χ1) is 13.6. The van der Waals surface area contributed by atoms with Crippen LogP contribution in [0.1, 0.15) is 18.9 Å². The van der Waals surface area contributed by atoms with Crippen molar-refractivity contribution in [3.05, 3.63) is 48.2 Å². The second-order valence-electron chi connectivity index (χ2n) is 7.83. The lowest BCUT2D eigenvalue weighted by atomic mass is 9.92. The van der Waals surface area contributed by atoms with Crippen molar-refractivity contribution in [1.82, 2.24) is 14.8 Å². The van der Waals surface area contributed by atoms with Gasteiger partial charge in [0.25, 0.3) is 0 Å². The lowest BCUT2D eigenvalue weighted by molar-refractivity contribution is 0.0703. The molecule has 0 aliphatic carbocycles. The molecule has 0 saturated carbocycles. The molecule has 1 aromatic heterocycles. The molecule has 1 aliphatic rings. The Morgan fingerprint density at radius 2 is 1.93 bits per heavy atom. The third kappa shape index (κ3) is 5.13. The molecular formula is C21H27N3O4S. The van der Waals surface area contributed by atoms with Crippen molar-refractivity contribution in [2.75, 3.05) is 26.4 Å². The lowest BCUT2D eigenvalue weighted by Gasteiger charge is -2.40. The molecule has 1 N–H and O–H groups in total. The summed E-state index contributed by atoms with van der Waals surface area (Å²) in [7, 11) is -1.14.